The fourth-order valence-corrected chi connectivity index (χ4v) is 3.32. The summed E-state index contributed by atoms with van der Waals surface area (Å²) in [6.45, 7) is 1.77. The molecule has 26 heavy (non-hydrogen) atoms. The van der Waals surface area contributed by atoms with Gasteiger partial charge in [-0.25, -0.2) is 4.98 Å². The topological polar surface area (TPSA) is 74.8 Å². The molecule has 0 bridgehead atoms. The van der Waals surface area contributed by atoms with E-state index in [1.165, 1.54) is 17.8 Å². The maximum absolute atomic E-state index is 12.4. The second-order valence-corrected chi connectivity index (χ2v) is 7.80. The van der Waals surface area contributed by atoms with Crippen LogP contribution in [0.5, 0.6) is 0 Å². The number of nitrogens with one attached hydrogen (secondary N) is 2. The van der Waals surface area contributed by atoms with Crippen molar-refractivity contribution in [3.63, 3.8) is 0 Å². The van der Waals surface area contributed by atoms with Crippen LogP contribution < -0.4 is 10.9 Å². The van der Waals surface area contributed by atoms with Crippen LogP contribution in [0.3, 0.4) is 0 Å². The molecule has 1 unspecified atom stereocenters. The van der Waals surface area contributed by atoms with E-state index in [-0.39, 0.29) is 11.5 Å². The van der Waals surface area contributed by atoms with Gasteiger partial charge in [0.25, 0.3) is 5.56 Å². The van der Waals surface area contributed by atoms with E-state index in [4.69, 9.17) is 0 Å². The molecule has 2 N–H and O–H groups in total. The third kappa shape index (κ3) is 4.83. The summed E-state index contributed by atoms with van der Waals surface area (Å²) in [5, 5.41) is 2.84. The van der Waals surface area contributed by atoms with Crippen LogP contribution in [0.1, 0.15) is 6.92 Å². The van der Waals surface area contributed by atoms with Crippen LogP contribution in [0.4, 0.5) is 5.69 Å². The molecule has 0 fully saturated rings. The number of anilines is 1. The van der Waals surface area contributed by atoms with Crippen molar-refractivity contribution < 1.29 is 4.79 Å². The third-order valence-electron chi connectivity index (χ3n) is 3.56. The highest BCUT2D eigenvalue weighted by Crippen LogP contribution is 2.23. The Kier molecular flexibility index (Phi) is 5.90. The number of amides is 1. The largest absolute Gasteiger partial charge is 0.325 e. The monoisotopic (exact) mass is 429 g/mol. The molecule has 5 nitrogen and oxygen atoms in total. The summed E-state index contributed by atoms with van der Waals surface area (Å²) in [6, 6.07) is 18.3. The van der Waals surface area contributed by atoms with Crippen LogP contribution >= 0.6 is 27.7 Å². The standard InChI is InChI=1S/C19H16BrN3O2S/c1-12(18(25)21-15-9-7-14(20)8-10-15)26-19-22-16(11-17(24)23-19)13-5-3-2-4-6-13/h2-12H,1H3,(H,21,25)(H,22,23,24). The lowest BCUT2D eigenvalue weighted by atomic mass is 10.1. The molecule has 3 aromatic rings. The van der Waals surface area contributed by atoms with Gasteiger partial charge in [-0.15, -0.1) is 0 Å². The Bertz CT molecular complexity index is 959. The van der Waals surface area contributed by atoms with Crippen LogP contribution in [-0.4, -0.2) is 21.1 Å². The summed E-state index contributed by atoms with van der Waals surface area (Å²) in [6.07, 6.45) is 0. The number of benzene rings is 2. The molecular formula is C19H16BrN3O2S. The first-order valence-electron chi connectivity index (χ1n) is 7.91. The number of rotatable bonds is 5. The summed E-state index contributed by atoms with van der Waals surface area (Å²) in [7, 11) is 0. The van der Waals surface area contributed by atoms with Crippen LogP contribution in [-0.2, 0) is 4.79 Å². The first-order chi connectivity index (χ1) is 12.5. The Morgan fingerprint density at radius 2 is 1.85 bits per heavy atom. The van der Waals surface area contributed by atoms with E-state index in [2.05, 4.69) is 31.2 Å². The zero-order valence-corrected chi connectivity index (χ0v) is 16.3. The van der Waals surface area contributed by atoms with E-state index in [0.717, 1.165) is 10.0 Å². The Morgan fingerprint density at radius 1 is 1.15 bits per heavy atom. The normalized spacial score (nSPS) is 11.8. The molecule has 3 rings (SSSR count). The number of carbonyl (C=O) groups excluding carboxylic acids is 1. The van der Waals surface area contributed by atoms with Gasteiger partial charge in [0, 0.05) is 21.8 Å². The highest BCUT2D eigenvalue weighted by molar-refractivity contribution is 9.10. The van der Waals surface area contributed by atoms with Gasteiger partial charge in [0.2, 0.25) is 5.91 Å². The van der Waals surface area contributed by atoms with Gasteiger partial charge >= 0.3 is 0 Å². The Balaban J connectivity index is 1.73. The van der Waals surface area contributed by atoms with Crippen LogP contribution in [0.2, 0.25) is 0 Å². The average molecular weight is 430 g/mol. The first kappa shape index (κ1) is 18.4. The van der Waals surface area contributed by atoms with Crippen molar-refractivity contribution in [2.24, 2.45) is 0 Å². The molecule has 0 spiro atoms. The van der Waals surface area contributed by atoms with Gasteiger partial charge in [-0.1, -0.05) is 58.0 Å². The fraction of sp³-hybridized carbons (Fsp3) is 0.105. The van der Waals surface area contributed by atoms with E-state index in [9.17, 15) is 9.59 Å². The van der Waals surface area contributed by atoms with Gasteiger partial charge in [-0.3, -0.25) is 9.59 Å². The van der Waals surface area contributed by atoms with Crippen LogP contribution in [0.15, 0.2) is 75.1 Å². The number of aromatic amines is 1. The molecule has 132 valence electrons. The van der Waals surface area contributed by atoms with Gasteiger partial charge in [0.1, 0.15) is 0 Å². The summed E-state index contributed by atoms with van der Waals surface area (Å²) in [5.74, 6) is -0.162. The minimum Gasteiger partial charge on any atom is -0.325 e. The molecule has 0 aliphatic carbocycles. The van der Waals surface area contributed by atoms with Crippen molar-refractivity contribution in [2.75, 3.05) is 5.32 Å². The molecule has 2 aromatic carbocycles. The first-order valence-corrected chi connectivity index (χ1v) is 9.58. The number of hydrogen-bond donors (Lipinski definition) is 2. The lowest BCUT2D eigenvalue weighted by Gasteiger charge is -2.12. The lowest BCUT2D eigenvalue weighted by Crippen LogP contribution is -2.23. The fourth-order valence-electron chi connectivity index (χ4n) is 2.25. The summed E-state index contributed by atoms with van der Waals surface area (Å²) >= 11 is 4.57. The van der Waals surface area contributed by atoms with Crippen molar-refractivity contribution in [1.82, 2.24) is 9.97 Å². The summed E-state index contributed by atoms with van der Waals surface area (Å²) < 4.78 is 0.942. The number of hydrogen-bond acceptors (Lipinski definition) is 4. The van der Waals surface area contributed by atoms with Crippen molar-refractivity contribution in [2.45, 2.75) is 17.3 Å². The molecule has 0 aliphatic heterocycles. The van der Waals surface area contributed by atoms with Gasteiger partial charge < -0.3 is 10.3 Å². The molecule has 0 aliphatic rings. The Morgan fingerprint density at radius 3 is 2.54 bits per heavy atom. The molecule has 1 atom stereocenters. The number of H-pyrrole nitrogens is 1. The molecule has 0 saturated heterocycles. The maximum Gasteiger partial charge on any atom is 0.252 e. The van der Waals surface area contributed by atoms with E-state index in [1.807, 2.05) is 54.6 Å². The van der Waals surface area contributed by atoms with E-state index < -0.39 is 5.25 Å². The van der Waals surface area contributed by atoms with E-state index in [0.29, 0.717) is 16.5 Å². The number of nitrogens with zero attached hydrogens (tertiary/aromatic N) is 1. The highest BCUT2D eigenvalue weighted by atomic mass is 79.9. The van der Waals surface area contributed by atoms with Gasteiger partial charge in [0.15, 0.2) is 5.16 Å². The molecule has 0 radical (unpaired) electrons. The van der Waals surface area contributed by atoms with Crippen LogP contribution in [0, 0.1) is 0 Å². The van der Waals surface area contributed by atoms with Gasteiger partial charge in [-0.05, 0) is 31.2 Å². The number of thioether (sulfide) groups is 1. The van der Waals surface area contributed by atoms with Crippen molar-refractivity contribution >= 4 is 39.3 Å². The SMILES string of the molecule is CC(Sc1nc(-c2ccccc2)cc(=O)[nH]1)C(=O)Nc1ccc(Br)cc1. The van der Waals surface area contributed by atoms with E-state index >= 15 is 0 Å². The highest BCUT2D eigenvalue weighted by Gasteiger charge is 2.16. The maximum atomic E-state index is 12.4. The zero-order chi connectivity index (χ0) is 18.5. The Hall–Kier alpha value is -2.38. The second-order valence-electron chi connectivity index (χ2n) is 5.56. The van der Waals surface area contributed by atoms with Crippen molar-refractivity contribution in [3.05, 3.63) is 75.5 Å². The quantitative estimate of drug-likeness (QED) is 0.467. The van der Waals surface area contributed by atoms with Gasteiger partial charge in [-0.2, -0.15) is 0 Å². The van der Waals surface area contributed by atoms with Crippen LogP contribution in [0.25, 0.3) is 11.3 Å². The number of carbonyl (C=O) groups is 1. The smallest absolute Gasteiger partial charge is 0.252 e. The number of halogens is 1. The Labute approximate surface area is 163 Å². The summed E-state index contributed by atoms with van der Waals surface area (Å²) in [5.41, 5.74) is 1.90. The van der Waals surface area contributed by atoms with Crippen molar-refractivity contribution in [1.29, 1.82) is 0 Å². The average Bonchev–Trinajstić information content (AvgIpc) is 2.64. The van der Waals surface area contributed by atoms with E-state index in [1.54, 1.807) is 6.92 Å². The third-order valence-corrected chi connectivity index (χ3v) is 5.07. The predicted molar refractivity (Wildman–Crippen MR) is 108 cm³/mol. The molecular weight excluding hydrogens is 414 g/mol. The minimum absolute atomic E-state index is 0.162. The number of aromatic nitrogens is 2. The second kappa shape index (κ2) is 8.33. The zero-order valence-electron chi connectivity index (χ0n) is 13.9. The van der Waals surface area contributed by atoms with Gasteiger partial charge in [0.05, 0.1) is 10.9 Å². The predicted octanol–water partition coefficient (Wildman–Crippen LogP) is 4.32. The van der Waals surface area contributed by atoms with Crippen molar-refractivity contribution in [3.8, 4) is 11.3 Å². The molecule has 0 saturated carbocycles. The minimum atomic E-state index is -0.423. The molecule has 1 aromatic heterocycles. The molecule has 1 heterocycles. The lowest BCUT2D eigenvalue weighted by molar-refractivity contribution is -0.115. The summed E-state index contributed by atoms with van der Waals surface area (Å²) in [4.78, 5) is 31.5. The molecule has 1 amide bonds. The molecule has 7 heteroatoms.